The van der Waals surface area contributed by atoms with E-state index in [1.165, 1.54) is 24.6 Å². The molecule has 1 aromatic rings. The minimum absolute atomic E-state index is 0.0942. The quantitative estimate of drug-likeness (QED) is 0.905. The van der Waals surface area contributed by atoms with Gasteiger partial charge in [-0.1, -0.05) is 19.8 Å². The Labute approximate surface area is 112 Å². The van der Waals surface area contributed by atoms with Crippen LogP contribution >= 0.6 is 0 Å². The fraction of sp³-hybridized carbons (Fsp3) is 0.533. The van der Waals surface area contributed by atoms with Crippen molar-refractivity contribution in [2.75, 3.05) is 0 Å². The van der Waals surface area contributed by atoms with E-state index in [1.807, 2.05) is 0 Å². The van der Waals surface area contributed by atoms with Gasteiger partial charge in [-0.2, -0.15) is 0 Å². The molecule has 1 N–H and O–H groups in total. The van der Waals surface area contributed by atoms with Gasteiger partial charge in [0.25, 0.3) is 0 Å². The summed E-state index contributed by atoms with van der Waals surface area (Å²) in [5.74, 6) is -0.972. The Morgan fingerprint density at radius 1 is 1.42 bits per heavy atom. The summed E-state index contributed by atoms with van der Waals surface area (Å²) in [5, 5.41) is 8.90. The van der Waals surface area contributed by atoms with E-state index < -0.39 is 11.8 Å². The highest BCUT2D eigenvalue weighted by molar-refractivity contribution is 5.87. The van der Waals surface area contributed by atoms with E-state index in [4.69, 9.17) is 9.84 Å². The summed E-state index contributed by atoms with van der Waals surface area (Å²) in [4.78, 5) is 10.9. The molecule has 0 amide bonds. The highest BCUT2D eigenvalue weighted by Crippen LogP contribution is 2.27. The molecule has 0 spiro atoms. The summed E-state index contributed by atoms with van der Waals surface area (Å²) in [6.45, 7) is 2.29. The molecule has 1 aliphatic rings. The fourth-order valence-electron chi connectivity index (χ4n) is 2.55. The zero-order chi connectivity index (χ0) is 13.8. The minimum atomic E-state index is -1.05. The van der Waals surface area contributed by atoms with E-state index >= 15 is 0 Å². The maximum Gasteiger partial charge on any atom is 0.335 e. The van der Waals surface area contributed by atoms with E-state index in [0.29, 0.717) is 11.5 Å². The normalized spacial score (nSPS) is 23.3. The predicted molar refractivity (Wildman–Crippen MR) is 69.6 cm³/mol. The number of benzene rings is 1. The Balaban J connectivity index is 2.02. The molecule has 4 heteroatoms. The van der Waals surface area contributed by atoms with Crippen molar-refractivity contribution in [2.24, 2.45) is 5.92 Å². The van der Waals surface area contributed by atoms with Crippen LogP contribution in [0, 0.1) is 11.7 Å². The first kappa shape index (κ1) is 14.0. The van der Waals surface area contributed by atoms with E-state index in [2.05, 4.69) is 6.92 Å². The van der Waals surface area contributed by atoms with Crippen LogP contribution in [-0.2, 0) is 11.3 Å². The Morgan fingerprint density at radius 3 is 2.84 bits per heavy atom. The Bertz CT molecular complexity index is 459. The lowest BCUT2D eigenvalue weighted by atomic mass is 9.88. The van der Waals surface area contributed by atoms with Crippen molar-refractivity contribution in [3.63, 3.8) is 0 Å². The van der Waals surface area contributed by atoms with Gasteiger partial charge in [0.2, 0.25) is 0 Å². The molecule has 1 saturated carbocycles. The first-order valence-electron chi connectivity index (χ1n) is 6.71. The summed E-state index contributed by atoms with van der Waals surface area (Å²) >= 11 is 0. The smallest absolute Gasteiger partial charge is 0.335 e. The number of rotatable bonds is 4. The van der Waals surface area contributed by atoms with E-state index in [1.54, 1.807) is 0 Å². The van der Waals surface area contributed by atoms with Gasteiger partial charge in [0.1, 0.15) is 5.82 Å². The van der Waals surface area contributed by atoms with Gasteiger partial charge < -0.3 is 9.84 Å². The maximum absolute atomic E-state index is 13.6. The van der Waals surface area contributed by atoms with E-state index in [-0.39, 0.29) is 18.3 Å². The van der Waals surface area contributed by atoms with Crippen LogP contribution in [0.2, 0.25) is 0 Å². The Morgan fingerprint density at radius 2 is 2.16 bits per heavy atom. The molecule has 0 radical (unpaired) electrons. The van der Waals surface area contributed by atoms with Gasteiger partial charge in [-0.05, 0) is 37.0 Å². The van der Waals surface area contributed by atoms with Crippen molar-refractivity contribution in [1.82, 2.24) is 0 Å². The number of carbonyl (C=O) groups is 1. The third-order valence-corrected chi connectivity index (χ3v) is 3.78. The summed E-state index contributed by atoms with van der Waals surface area (Å²) < 4.78 is 19.4. The van der Waals surface area contributed by atoms with Gasteiger partial charge >= 0.3 is 5.97 Å². The van der Waals surface area contributed by atoms with Gasteiger partial charge in [0, 0.05) is 5.56 Å². The molecular weight excluding hydrogens is 247 g/mol. The molecule has 0 heterocycles. The molecule has 0 bridgehead atoms. The van der Waals surface area contributed by atoms with Crippen LogP contribution in [0.25, 0.3) is 0 Å². The van der Waals surface area contributed by atoms with Crippen molar-refractivity contribution in [3.8, 4) is 0 Å². The lowest BCUT2D eigenvalue weighted by Gasteiger charge is -2.28. The predicted octanol–water partition coefficient (Wildman–Crippen LogP) is 3.62. The zero-order valence-corrected chi connectivity index (χ0v) is 11.1. The molecule has 2 rings (SSSR count). The molecule has 0 aromatic heterocycles. The number of halogens is 1. The highest BCUT2D eigenvalue weighted by Gasteiger charge is 2.22. The summed E-state index contributed by atoms with van der Waals surface area (Å²) in [6.07, 6.45) is 4.67. The number of ether oxygens (including phenoxy) is 1. The lowest BCUT2D eigenvalue weighted by molar-refractivity contribution is -0.0165. The highest BCUT2D eigenvalue weighted by atomic mass is 19.1. The summed E-state index contributed by atoms with van der Waals surface area (Å²) in [5.41, 5.74) is 0.411. The standard InChI is InChI=1S/C15H19FO3/c1-10-4-2-3-5-14(10)19-9-12-8-11(15(17)18)6-7-13(12)16/h6-8,10,14H,2-5,9H2,1H3,(H,17,18). The Kier molecular flexibility index (Phi) is 4.53. The van der Waals surface area contributed by atoms with Crippen LogP contribution in [0.1, 0.15) is 48.5 Å². The molecule has 2 atom stereocenters. The number of hydrogen-bond acceptors (Lipinski definition) is 2. The number of carboxylic acid groups (broad SMARTS) is 1. The molecule has 2 unspecified atom stereocenters. The van der Waals surface area contributed by atoms with Crippen LogP contribution < -0.4 is 0 Å². The molecule has 19 heavy (non-hydrogen) atoms. The molecule has 0 saturated heterocycles. The van der Waals surface area contributed by atoms with Gasteiger partial charge in [-0.3, -0.25) is 0 Å². The average Bonchev–Trinajstić information content (AvgIpc) is 2.39. The van der Waals surface area contributed by atoms with Crippen LogP contribution in [0.4, 0.5) is 4.39 Å². The largest absolute Gasteiger partial charge is 0.478 e. The van der Waals surface area contributed by atoms with Crippen molar-refractivity contribution in [3.05, 3.63) is 35.1 Å². The molecule has 1 aromatic carbocycles. The van der Waals surface area contributed by atoms with Gasteiger partial charge in [0.15, 0.2) is 0 Å². The zero-order valence-electron chi connectivity index (χ0n) is 11.1. The SMILES string of the molecule is CC1CCCCC1OCc1cc(C(=O)O)ccc1F. The van der Waals surface area contributed by atoms with E-state index in [9.17, 15) is 9.18 Å². The van der Waals surface area contributed by atoms with Crippen molar-refractivity contribution in [1.29, 1.82) is 0 Å². The minimum Gasteiger partial charge on any atom is -0.478 e. The molecule has 104 valence electrons. The van der Waals surface area contributed by atoms with Crippen LogP contribution in [-0.4, -0.2) is 17.2 Å². The third kappa shape index (κ3) is 3.53. The monoisotopic (exact) mass is 266 g/mol. The second kappa shape index (κ2) is 6.15. The lowest BCUT2D eigenvalue weighted by Crippen LogP contribution is -2.25. The number of carboxylic acids is 1. The fourth-order valence-corrected chi connectivity index (χ4v) is 2.55. The summed E-state index contributed by atoms with van der Waals surface area (Å²) in [7, 11) is 0. The van der Waals surface area contributed by atoms with Crippen molar-refractivity contribution >= 4 is 5.97 Å². The average molecular weight is 266 g/mol. The maximum atomic E-state index is 13.6. The molecular formula is C15H19FO3. The van der Waals surface area contributed by atoms with Crippen molar-refractivity contribution < 1.29 is 19.0 Å². The second-order valence-electron chi connectivity index (χ2n) is 5.22. The molecule has 1 fully saturated rings. The second-order valence-corrected chi connectivity index (χ2v) is 5.22. The van der Waals surface area contributed by atoms with Crippen molar-refractivity contribution in [2.45, 2.75) is 45.3 Å². The van der Waals surface area contributed by atoms with Crippen LogP contribution in [0.5, 0.6) is 0 Å². The number of hydrogen-bond donors (Lipinski definition) is 1. The topological polar surface area (TPSA) is 46.5 Å². The summed E-state index contributed by atoms with van der Waals surface area (Å²) in [6, 6.07) is 3.81. The van der Waals surface area contributed by atoms with E-state index in [0.717, 1.165) is 19.3 Å². The van der Waals surface area contributed by atoms with Gasteiger partial charge in [-0.15, -0.1) is 0 Å². The Hall–Kier alpha value is -1.42. The molecule has 0 aliphatic heterocycles. The third-order valence-electron chi connectivity index (χ3n) is 3.78. The number of aromatic carboxylic acids is 1. The first-order valence-corrected chi connectivity index (χ1v) is 6.71. The first-order chi connectivity index (χ1) is 9.08. The van der Waals surface area contributed by atoms with Crippen LogP contribution in [0.3, 0.4) is 0 Å². The van der Waals surface area contributed by atoms with Crippen LogP contribution in [0.15, 0.2) is 18.2 Å². The molecule has 3 nitrogen and oxygen atoms in total. The molecule has 1 aliphatic carbocycles. The van der Waals surface area contributed by atoms with Gasteiger partial charge in [0.05, 0.1) is 18.3 Å². The van der Waals surface area contributed by atoms with Gasteiger partial charge in [-0.25, -0.2) is 9.18 Å².